The summed E-state index contributed by atoms with van der Waals surface area (Å²) in [5, 5.41) is 10.6. The average Bonchev–Trinajstić information content (AvgIpc) is 2.95. The third-order valence-corrected chi connectivity index (χ3v) is 4.27. The zero-order valence-electron chi connectivity index (χ0n) is 12.0. The zero-order chi connectivity index (χ0) is 15.0. The lowest BCUT2D eigenvalue weighted by atomic mass is 9.97. The Morgan fingerprint density at radius 1 is 1.00 bits per heavy atom. The summed E-state index contributed by atoms with van der Waals surface area (Å²) in [6.45, 7) is 4.53. The monoisotopic (exact) mass is 348 g/mol. The van der Waals surface area contributed by atoms with Gasteiger partial charge in [0.25, 0.3) is 0 Å². The maximum atomic E-state index is 10.6. The molecule has 3 rings (SSSR count). The number of rotatable bonds is 3. The predicted molar refractivity (Wildman–Crippen MR) is 84.9 cm³/mol. The van der Waals surface area contributed by atoms with Gasteiger partial charge in [-0.2, -0.15) is 0 Å². The maximum absolute atomic E-state index is 10.6. The van der Waals surface area contributed by atoms with Crippen molar-refractivity contribution < 1.29 is 14.6 Å². The molecule has 4 heteroatoms. The van der Waals surface area contributed by atoms with Gasteiger partial charge in [0.2, 0.25) is 6.79 Å². The molecular weight excluding hydrogens is 332 g/mol. The summed E-state index contributed by atoms with van der Waals surface area (Å²) < 4.78 is 11.6. The van der Waals surface area contributed by atoms with Crippen LogP contribution in [0.25, 0.3) is 0 Å². The van der Waals surface area contributed by atoms with Gasteiger partial charge in [-0.1, -0.05) is 38.1 Å². The van der Waals surface area contributed by atoms with E-state index in [2.05, 4.69) is 41.9 Å². The number of halogens is 1. The van der Waals surface area contributed by atoms with Crippen molar-refractivity contribution in [3.63, 3.8) is 0 Å². The largest absolute Gasteiger partial charge is 0.454 e. The predicted octanol–water partition coefficient (Wildman–Crippen LogP) is 4.38. The third kappa shape index (κ3) is 2.78. The van der Waals surface area contributed by atoms with Crippen LogP contribution in [0.1, 0.15) is 42.6 Å². The van der Waals surface area contributed by atoms with Crippen LogP contribution in [0.2, 0.25) is 0 Å². The average molecular weight is 349 g/mol. The van der Waals surface area contributed by atoms with Crippen molar-refractivity contribution in [1.82, 2.24) is 0 Å². The molecule has 1 heterocycles. The van der Waals surface area contributed by atoms with E-state index in [0.717, 1.165) is 15.6 Å². The van der Waals surface area contributed by atoms with E-state index >= 15 is 0 Å². The molecular formula is C17H17BrO3. The lowest BCUT2D eigenvalue weighted by molar-refractivity contribution is 0.173. The van der Waals surface area contributed by atoms with Crippen molar-refractivity contribution in [1.29, 1.82) is 0 Å². The summed E-state index contributed by atoms with van der Waals surface area (Å²) in [5.74, 6) is 1.84. The fourth-order valence-electron chi connectivity index (χ4n) is 2.40. The van der Waals surface area contributed by atoms with E-state index in [-0.39, 0.29) is 6.79 Å². The highest BCUT2D eigenvalue weighted by Gasteiger charge is 2.21. The first kappa shape index (κ1) is 14.4. The molecule has 1 aliphatic heterocycles. The Kier molecular flexibility index (Phi) is 3.91. The minimum absolute atomic E-state index is 0.219. The van der Waals surface area contributed by atoms with Crippen molar-refractivity contribution in [2.24, 2.45) is 0 Å². The van der Waals surface area contributed by atoms with E-state index in [1.165, 1.54) is 5.56 Å². The molecule has 0 amide bonds. The minimum atomic E-state index is -0.683. The summed E-state index contributed by atoms with van der Waals surface area (Å²) in [4.78, 5) is 0. The topological polar surface area (TPSA) is 38.7 Å². The molecule has 110 valence electrons. The number of hydrogen-bond donors (Lipinski definition) is 1. The maximum Gasteiger partial charge on any atom is 0.231 e. The van der Waals surface area contributed by atoms with E-state index in [4.69, 9.17) is 9.47 Å². The van der Waals surface area contributed by atoms with Gasteiger partial charge in [-0.25, -0.2) is 0 Å². The van der Waals surface area contributed by atoms with E-state index in [0.29, 0.717) is 17.4 Å². The van der Waals surface area contributed by atoms with Crippen molar-refractivity contribution in [2.45, 2.75) is 25.9 Å². The smallest absolute Gasteiger partial charge is 0.231 e. The summed E-state index contributed by atoms with van der Waals surface area (Å²) in [6, 6.07) is 11.8. The summed E-state index contributed by atoms with van der Waals surface area (Å²) in [7, 11) is 0. The Hall–Kier alpha value is -1.52. The van der Waals surface area contributed by atoms with Crippen LogP contribution in [0, 0.1) is 0 Å². The number of hydrogen-bond acceptors (Lipinski definition) is 3. The Balaban J connectivity index is 1.91. The minimum Gasteiger partial charge on any atom is -0.454 e. The van der Waals surface area contributed by atoms with Gasteiger partial charge in [0.05, 0.1) is 4.47 Å². The Morgan fingerprint density at radius 3 is 2.33 bits per heavy atom. The number of benzene rings is 2. The standard InChI is InChI=1S/C17H17BrO3/c1-10(2)11-3-5-12(6-4-11)16(19)13-7-14(18)17-15(8-13)20-9-21-17/h3-8,10,16,19H,9H2,1-2H3. The molecule has 0 radical (unpaired) electrons. The molecule has 0 saturated carbocycles. The number of fused-ring (bicyclic) bond motifs is 1. The van der Waals surface area contributed by atoms with Gasteiger partial charge in [0, 0.05) is 0 Å². The van der Waals surface area contributed by atoms with E-state index in [1.54, 1.807) is 0 Å². The zero-order valence-corrected chi connectivity index (χ0v) is 13.6. The fraction of sp³-hybridized carbons (Fsp3) is 0.294. The molecule has 21 heavy (non-hydrogen) atoms. The van der Waals surface area contributed by atoms with Gasteiger partial charge >= 0.3 is 0 Å². The summed E-state index contributed by atoms with van der Waals surface area (Å²) >= 11 is 3.45. The molecule has 1 aliphatic rings. The van der Waals surface area contributed by atoms with Crippen LogP contribution in [0.4, 0.5) is 0 Å². The van der Waals surface area contributed by atoms with Gasteiger partial charge in [-0.15, -0.1) is 0 Å². The lowest BCUT2D eigenvalue weighted by Crippen LogP contribution is -2.00. The molecule has 0 saturated heterocycles. The molecule has 1 N–H and O–H groups in total. The van der Waals surface area contributed by atoms with Crippen molar-refractivity contribution in [2.75, 3.05) is 6.79 Å². The van der Waals surface area contributed by atoms with Crippen LogP contribution >= 0.6 is 15.9 Å². The lowest BCUT2D eigenvalue weighted by Gasteiger charge is -2.14. The molecule has 2 aromatic carbocycles. The molecule has 1 unspecified atom stereocenters. The second-order valence-electron chi connectivity index (χ2n) is 5.46. The second kappa shape index (κ2) is 5.70. The molecule has 0 aliphatic carbocycles. The number of ether oxygens (including phenoxy) is 2. The highest BCUT2D eigenvalue weighted by atomic mass is 79.9. The van der Waals surface area contributed by atoms with Gasteiger partial charge in [0.1, 0.15) is 6.10 Å². The highest BCUT2D eigenvalue weighted by Crippen LogP contribution is 2.42. The van der Waals surface area contributed by atoms with Crippen molar-refractivity contribution in [3.05, 3.63) is 57.6 Å². The normalized spacial score (nSPS) is 14.5. The van der Waals surface area contributed by atoms with Gasteiger partial charge < -0.3 is 14.6 Å². The first-order valence-corrected chi connectivity index (χ1v) is 7.72. The van der Waals surface area contributed by atoms with Crippen LogP contribution in [0.3, 0.4) is 0 Å². The highest BCUT2D eigenvalue weighted by molar-refractivity contribution is 9.10. The van der Waals surface area contributed by atoms with Gasteiger partial charge in [0.15, 0.2) is 11.5 Å². The van der Waals surface area contributed by atoms with Gasteiger partial charge in [-0.05, 0) is 50.7 Å². The number of aliphatic hydroxyl groups excluding tert-OH is 1. The summed E-state index contributed by atoms with van der Waals surface area (Å²) in [6.07, 6.45) is -0.683. The quantitative estimate of drug-likeness (QED) is 0.894. The van der Waals surface area contributed by atoms with E-state index in [9.17, 15) is 5.11 Å². The van der Waals surface area contributed by atoms with Crippen molar-refractivity contribution >= 4 is 15.9 Å². The molecule has 0 aromatic heterocycles. The summed E-state index contributed by atoms with van der Waals surface area (Å²) in [5.41, 5.74) is 2.91. The molecule has 2 aromatic rings. The van der Waals surface area contributed by atoms with E-state index in [1.807, 2.05) is 24.3 Å². The van der Waals surface area contributed by atoms with Crippen LogP contribution < -0.4 is 9.47 Å². The molecule has 1 atom stereocenters. The van der Waals surface area contributed by atoms with Crippen LogP contribution in [0.15, 0.2) is 40.9 Å². The molecule has 0 spiro atoms. The van der Waals surface area contributed by atoms with Crippen LogP contribution in [-0.4, -0.2) is 11.9 Å². The molecule has 0 bridgehead atoms. The van der Waals surface area contributed by atoms with E-state index < -0.39 is 6.10 Å². The van der Waals surface area contributed by atoms with Gasteiger partial charge in [-0.3, -0.25) is 0 Å². The number of aliphatic hydroxyl groups is 1. The molecule has 0 fully saturated rings. The first-order chi connectivity index (χ1) is 10.1. The Morgan fingerprint density at radius 2 is 1.67 bits per heavy atom. The van der Waals surface area contributed by atoms with Crippen LogP contribution in [0.5, 0.6) is 11.5 Å². The van der Waals surface area contributed by atoms with Crippen LogP contribution in [-0.2, 0) is 0 Å². The molecule has 3 nitrogen and oxygen atoms in total. The SMILES string of the molecule is CC(C)c1ccc(C(O)c2cc(Br)c3c(c2)OCO3)cc1. The fourth-order valence-corrected chi connectivity index (χ4v) is 2.98. The third-order valence-electron chi connectivity index (χ3n) is 3.68. The second-order valence-corrected chi connectivity index (χ2v) is 6.31. The Bertz CT molecular complexity index is 650. The Labute approximate surface area is 132 Å². The first-order valence-electron chi connectivity index (χ1n) is 6.93. The van der Waals surface area contributed by atoms with Crippen molar-refractivity contribution in [3.8, 4) is 11.5 Å².